The van der Waals surface area contributed by atoms with E-state index in [4.69, 9.17) is 14.6 Å². The molecule has 4 nitrogen and oxygen atoms in total. The van der Waals surface area contributed by atoms with E-state index in [-0.39, 0.29) is 17.6 Å². The predicted octanol–water partition coefficient (Wildman–Crippen LogP) is 0.653. The van der Waals surface area contributed by atoms with Gasteiger partial charge in [-0.25, -0.2) is 4.79 Å². The largest absolute Gasteiger partial charge is 0.479 e. The summed E-state index contributed by atoms with van der Waals surface area (Å²) in [4.78, 5) is 10.7. The highest BCUT2D eigenvalue weighted by atomic mass is 16.6. The minimum Gasteiger partial charge on any atom is -0.479 e. The van der Waals surface area contributed by atoms with Crippen molar-refractivity contribution in [2.45, 2.75) is 38.6 Å². The molecular weight excluding hydrogens is 172 g/mol. The number of carboxylic acid groups (broad SMARTS) is 1. The van der Waals surface area contributed by atoms with E-state index < -0.39 is 12.1 Å². The van der Waals surface area contributed by atoms with Crippen molar-refractivity contribution in [2.75, 3.05) is 6.61 Å². The van der Waals surface area contributed by atoms with Crippen LogP contribution in [0.15, 0.2) is 0 Å². The molecule has 1 N–H and O–H groups in total. The molecule has 3 atom stereocenters. The summed E-state index contributed by atoms with van der Waals surface area (Å²) >= 11 is 0. The molecule has 2 aliphatic heterocycles. The summed E-state index contributed by atoms with van der Waals surface area (Å²) in [5, 5.41) is 8.76. The van der Waals surface area contributed by atoms with E-state index in [0.717, 1.165) is 0 Å². The van der Waals surface area contributed by atoms with Crippen molar-refractivity contribution >= 4 is 5.97 Å². The monoisotopic (exact) mass is 186 g/mol. The fraction of sp³-hybridized carbons (Fsp3) is 0.889. The van der Waals surface area contributed by atoms with Crippen molar-refractivity contribution in [3.05, 3.63) is 0 Å². The standard InChI is InChI=1S/C9H14O4/c1-9(2)4-12-5-3-6(8(10)11)13-7(5)9/h5-7H,3-4H2,1-2H3,(H,10,11). The van der Waals surface area contributed by atoms with Gasteiger partial charge in [0.15, 0.2) is 6.10 Å². The second-order valence-electron chi connectivity index (χ2n) is 4.46. The predicted molar refractivity (Wildman–Crippen MR) is 44.4 cm³/mol. The van der Waals surface area contributed by atoms with E-state index in [2.05, 4.69) is 0 Å². The maximum absolute atomic E-state index is 10.7. The molecule has 0 aliphatic carbocycles. The van der Waals surface area contributed by atoms with E-state index in [1.165, 1.54) is 0 Å². The van der Waals surface area contributed by atoms with Crippen molar-refractivity contribution in [3.8, 4) is 0 Å². The number of hydrogen-bond donors (Lipinski definition) is 1. The zero-order valence-corrected chi connectivity index (χ0v) is 7.82. The van der Waals surface area contributed by atoms with Crippen molar-refractivity contribution in [2.24, 2.45) is 5.41 Å². The summed E-state index contributed by atoms with van der Waals surface area (Å²) in [7, 11) is 0. The Morgan fingerprint density at radius 1 is 1.54 bits per heavy atom. The first-order valence-electron chi connectivity index (χ1n) is 4.50. The summed E-state index contributed by atoms with van der Waals surface area (Å²) in [5.41, 5.74) is -0.0468. The fourth-order valence-corrected chi connectivity index (χ4v) is 2.06. The molecule has 0 aromatic rings. The van der Waals surface area contributed by atoms with E-state index in [1.54, 1.807) is 0 Å². The summed E-state index contributed by atoms with van der Waals surface area (Å²) < 4.78 is 10.9. The van der Waals surface area contributed by atoms with Crippen molar-refractivity contribution in [1.29, 1.82) is 0 Å². The Morgan fingerprint density at radius 3 is 2.77 bits per heavy atom. The van der Waals surface area contributed by atoms with Gasteiger partial charge in [0.1, 0.15) is 0 Å². The molecule has 0 bridgehead atoms. The lowest BCUT2D eigenvalue weighted by Gasteiger charge is -2.23. The van der Waals surface area contributed by atoms with Crippen LogP contribution in [0.3, 0.4) is 0 Å². The molecular formula is C9H14O4. The maximum Gasteiger partial charge on any atom is 0.332 e. The van der Waals surface area contributed by atoms with Crippen LogP contribution in [0.4, 0.5) is 0 Å². The smallest absolute Gasteiger partial charge is 0.332 e. The SMILES string of the molecule is CC1(C)COC2CC(C(=O)O)OC21. The Balaban J connectivity index is 2.10. The number of fused-ring (bicyclic) bond motifs is 1. The van der Waals surface area contributed by atoms with Gasteiger partial charge in [-0.1, -0.05) is 13.8 Å². The molecule has 3 unspecified atom stereocenters. The van der Waals surface area contributed by atoms with Gasteiger partial charge in [-0.3, -0.25) is 0 Å². The number of rotatable bonds is 1. The van der Waals surface area contributed by atoms with Crippen molar-refractivity contribution < 1.29 is 19.4 Å². The average molecular weight is 186 g/mol. The molecule has 2 saturated heterocycles. The Bertz CT molecular complexity index is 236. The minimum absolute atomic E-state index is 0.0175. The Labute approximate surface area is 76.8 Å². The van der Waals surface area contributed by atoms with Crippen LogP contribution < -0.4 is 0 Å². The zero-order valence-electron chi connectivity index (χ0n) is 7.82. The third-order valence-electron chi connectivity index (χ3n) is 2.81. The third kappa shape index (κ3) is 1.34. The van der Waals surface area contributed by atoms with Crippen LogP contribution in [0, 0.1) is 5.41 Å². The van der Waals surface area contributed by atoms with Gasteiger partial charge >= 0.3 is 5.97 Å². The lowest BCUT2D eigenvalue weighted by molar-refractivity contribution is -0.151. The summed E-state index contributed by atoms with van der Waals surface area (Å²) in [6.45, 7) is 4.75. The Hall–Kier alpha value is -0.610. The Kier molecular flexibility index (Phi) is 1.85. The molecule has 0 amide bonds. The summed E-state index contributed by atoms with van der Waals surface area (Å²) in [5.74, 6) is -0.881. The molecule has 2 aliphatic rings. The molecule has 0 spiro atoms. The molecule has 0 aromatic carbocycles. The zero-order chi connectivity index (χ0) is 9.64. The van der Waals surface area contributed by atoms with Gasteiger partial charge in [0.2, 0.25) is 0 Å². The average Bonchev–Trinajstić information content (AvgIpc) is 2.53. The molecule has 13 heavy (non-hydrogen) atoms. The van der Waals surface area contributed by atoms with Crippen molar-refractivity contribution in [1.82, 2.24) is 0 Å². The van der Waals surface area contributed by atoms with Crippen LogP contribution >= 0.6 is 0 Å². The minimum atomic E-state index is -0.881. The third-order valence-corrected chi connectivity index (χ3v) is 2.81. The molecule has 74 valence electrons. The number of carbonyl (C=O) groups is 1. The lowest BCUT2D eigenvalue weighted by Crippen LogP contribution is -2.31. The van der Waals surface area contributed by atoms with Gasteiger partial charge in [0.05, 0.1) is 18.8 Å². The van der Waals surface area contributed by atoms with Crippen LogP contribution in [0.2, 0.25) is 0 Å². The molecule has 0 aromatic heterocycles. The number of hydrogen-bond acceptors (Lipinski definition) is 3. The highest BCUT2D eigenvalue weighted by molar-refractivity contribution is 5.72. The molecule has 2 fully saturated rings. The quantitative estimate of drug-likeness (QED) is 0.653. The van der Waals surface area contributed by atoms with Crippen molar-refractivity contribution in [3.63, 3.8) is 0 Å². The maximum atomic E-state index is 10.7. The van der Waals surface area contributed by atoms with E-state index >= 15 is 0 Å². The van der Waals surface area contributed by atoms with Crippen LogP contribution in [0.5, 0.6) is 0 Å². The van der Waals surface area contributed by atoms with Gasteiger partial charge in [-0.2, -0.15) is 0 Å². The molecule has 4 heteroatoms. The van der Waals surface area contributed by atoms with Gasteiger partial charge in [0.25, 0.3) is 0 Å². The molecule has 2 heterocycles. The van der Waals surface area contributed by atoms with Crippen LogP contribution in [0.1, 0.15) is 20.3 Å². The fourth-order valence-electron chi connectivity index (χ4n) is 2.06. The van der Waals surface area contributed by atoms with Crippen LogP contribution in [0.25, 0.3) is 0 Å². The molecule has 0 radical (unpaired) electrons. The first kappa shape index (κ1) is 8.97. The first-order valence-corrected chi connectivity index (χ1v) is 4.50. The van der Waals surface area contributed by atoms with Crippen LogP contribution in [-0.2, 0) is 14.3 Å². The van der Waals surface area contributed by atoms with E-state index in [0.29, 0.717) is 13.0 Å². The highest BCUT2D eigenvalue weighted by Crippen LogP contribution is 2.41. The van der Waals surface area contributed by atoms with Gasteiger partial charge < -0.3 is 14.6 Å². The molecule has 2 rings (SSSR count). The number of carboxylic acids is 1. The van der Waals surface area contributed by atoms with E-state index in [1.807, 2.05) is 13.8 Å². The lowest BCUT2D eigenvalue weighted by atomic mass is 9.87. The summed E-state index contributed by atoms with van der Waals surface area (Å²) in [6, 6.07) is 0. The number of ether oxygens (including phenoxy) is 2. The first-order chi connectivity index (χ1) is 6.00. The Morgan fingerprint density at radius 2 is 2.23 bits per heavy atom. The van der Waals surface area contributed by atoms with E-state index in [9.17, 15) is 4.79 Å². The van der Waals surface area contributed by atoms with Gasteiger partial charge in [-0.05, 0) is 0 Å². The molecule has 0 saturated carbocycles. The topological polar surface area (TPSA) is 55.8 Å². The number of aliphatic carboxylic acids is 1. The second-order valence-corrected chi connectivity index (χ2v) is 4.46. The van der Waals surface area contributed by atoms with Gasteiger partial charge in [-0.15, -0.1) is 0 Å². The van der Waals surface area contributed by atoms with Gasteiger partial charge in [0, 0.05) is 11.8 Å². The summed E-state index contributed by atoms with van der Waals surface area (Å²) in [6.07, 6.45) is -0.247. The van der Waals surface area contributed by atoms with Crippen LogP contribution in [-0.4, -0.2) is 36.0 Å². The normalized spacial score (nSPS) is 41.8. The second kappa shape index (κ2) is 2.69. The highest BCUT2D eigenvalue weighted by Gasteiger charge is 2.51.